The Morgan fingerprint density at radius 2 is 1.89 bits per heavy atom. The monoisotopic (exact) mass is 252 g/mol. The predicted molar refractivity (Wildman–Crippen MR) is 68.3 cm³/mol. The fraction of sp³-hybridized carbons (Fsp3) is 0.538. The van der Waals surface area contributed by atoms with E-state index in [1.807, 2.05) is 0 Å². The lowest BCUT2D eigenvalue weighted by Gasteiger charge is -2.21. The third-order valence-corrected chi connectivity index (χ3v) is 3.40. The molecule has 2 rings (SSSR count). The van der Waals surface area contributed by atoms with Crippen LogP contribution in [0.3, 0.4) is 0 Å². The summed E-state index contributed by atoms with van der Waals surface area (Å²) in [7, 11) is -1.67. The minimum atomic E-state index is -1.67. The van der Waals surface area contributed by atoms with Crippen molar-refractivity contribution in [1.29, 1.82) is 0 Å². The first kappa shape index (κ1) is 13.4. The average Bonchev–Trinajstić information content (AvgIpc) is 2.37. The molecule has 0 heterocycles. The molecule has 2 N–H and O–H groups in total. The minimum absolute atomic E-state index is 0.119. The molecular formula is C13H18BFO3. The fourth-order valence-electron chi connectivity index (χ4n) is 2.38. The second-order valence-electron chi connectivity index (χ2n) is 4.91. The highest BCUT2D eigenvalue weighted by Crippen LogP contribution is 2.24. The Hall–Kier alpha value is -1.07. The molecule has 1 aliphatic rings. The van der Waals surface area contributed by atoms with E-state index in [9.17, 15) is 4.39 Å². The maximum atomic E-state index is 13.3. The van der Waals surface area contributed by atoms with E-state index < -0.39 is 12.9 Å². The molecule has 0 amide bonds. The van der Waals surface area contributed by atoms with Crippen LogP contribution in [0.25, 0.3) is 0 Å². The third-order valence-electron chi connectivity index (χ3n) is 3.40. The van der Waals surface area contributed by atoms with Crippen LogP contribution in [0.1, 0.15) is 32.1 Å². The zero-order chi connectivity index (χ0) is 13.0. The average molecular weight is 252 g/mol. The molecule has 0 spiro atoms. The molecule has 3 nitrogen and oxygen atoms in total. The number of hydrogen-bond donors (Lipinski definition) is 2. The van der Waals surface area contributed by atoms with E-state index in [4.69, 9.17) is 14.8 Å². The van der Waals surface area contributed by atoms with Crippen molar-refractivity contribution in [3.05, 3.63) is 24.0 Å². The molecule has 98 valence electrons. The van der Waals surface area contributed by atoms with Crippen molar-refractivity contribution >= 4 is 12.6 Å². The molecular weight excluding hydrogens is 234 g/mol. The lowest BCUT2D eigenvalue weighted by molar-refractivity contribution is 0.208. The van der Waals surface area contributed by atoms with Crippen LogP contribution in [-0.4, -0.2) is 23.8 Å². The van der Waals surface area contributed by atoms with E-state index in [0.717, 1.165) is 18.9 Å². The summed E-state index contributed by atoms with van der Waals surface area (Å²) in [5, 5.41) is 18.0. The topological polar surface area (TPSA) is 49.7 Å². The molecule has 0 saturated heterocycles. The number of benzene rings is 1. The van der Waals surface area contributed by atoms with Crippen molar-refractivity contribution in [1.82, 2.24) is 0 Å². The largest absolute Gasteiger partial charge is 0.493 e. The quantitative estimate of drug-likeness (QED) is 0.797. The summed E-state index contributed by atoms with van der Waals surface area (Å²) in [6.45, 7) is 0.574. The summed E-state index contributed by atoms with van der Waals surface area (Å²) in [5.41, 5.74) is 0.119. The van der Waals surface area contributed by atoms with Crippen LogP contribution in [-0.2, 0) is 0 Å². The first-order valence-corrected chi connectivity index (χ1v) is 6.44. The van der Waals surface area contributed by atoms with Gasteiger partial charge in [-0.3, -0.25) is 0 Å². The first-order valence-electron chi connectivity index (χ1n) is 6.44. The van der Waals surface area contributed by atoms with Crippen molar-refractivity contribution < 1.29 is 19.2 Å². The SMILES string of the molecule is OB(O)c1cc(F)cc(OCC2CCCCC2)c1. The Morgan fingerprint density at radius 1 is 1.17 bits per heavy atom. The Balaban J connectivity index is 1.95. The van der Waals surface area contributed by atoms with Crippen LogP contribution in [0.5, 0.6) is 5.75 Å². The van der Waals surface area contributed by atoms with Gasteiger partial charge in [-0.05, 0) is 36.4 Å². The highest BCUT2D eigenvalue weighted by molar-refractivity contribution is 6.58. The lowest BCUT2D eigenvalue weighted by atomic mass is 9.80. The molecule has 1 fully saturated rings. The highest BCUT2D eigenvalue weighted by atomic mass is 19.1. The molecule has 0 unspecified atom stereocenters. The van der Waals surface area contributed by atoms with Crippen LogP contribution >= 0.6 is 0 Å². The van der Waals surface area contributed by atoms with Gasteiger partial charge in [-0.25, -0.2) is 4.39 Å². The van der Waals surface area contributed by atoms with E-state index in [0.29, 0.717) is 18.3 Å². The van der Waals surface area contributed by atoms with Crippen molar-refractivity contribution in [2.24, 2.45) is 5.92 Å². The smallest absolute Gasteiger partial charge is 0.488 e. The van der Waals surface area contributed by atoms with Crippen molar-refractivity contribution in [2.75, 3.05) is 6.61 Å². The summed E-state index contributed by atoms with van der Waals surface area (Å²) in [6.07, 6.45) is 6.07. The zero-order valence-electron chi connectivity index (χ0n) is 10.3. The van der Waals surface area contributed by atoms with Gasteiger partial charge in [0.25, 0.3) is 0 Å². The first-order chi connectivity index (χ1) is 8.65. The predicted octanol–water partition coefficient (Wildman–Crippen LogP) is 1.46. The van der Waals surface area contributed by atoms with Gasteiger partial charge >= 0.3 is 7.12 Å². The Morgan fingerprint density at radius 3 is 2.56 bits per heavy atom. The Bertz CT molecular complexity index is 392. The summed E-state index contributed by atoms with van der Waals surface area (Å²) < 4.78 is 18.8. The van der Waals surface area contributed by atoms with E-state index in [-0.39, 0.29) is 5.46 Å². The lowest BCUT2D eigenvalue weighted by Crippen LogP contribution is -2.30. The van der Waals surface area contributed by atoms with Gasteiger partial charge in [0.05, 0.1) is 6.61 Å². The van der Waals surface area contributed by atoms with Crippen molar-refractivity contribution in [3.8, 4) is 5.75 Å². The van der Waals surface area contributed by atoms with Gasteiger partial charge in [-0.1, -0.05) is 19.3 Å². The van der Waals surface area contributed by atoms with Gasteiger partial charge in [-0.15, -0.1) is 0 Å². The molecule has 0 radical (unpaired) electrons. The molecule has 18 heavy (non-hydrogen) atoms. The second kappa shape index (κ2) is 6.20. The van der Waals surface area contributed by atoms with E-state index in [1.54, 1.807) is 0 Å². The minimum Gasteiger partial charge on any atom is -0.493 e. The molecule has 5 heteroatoms. The van der Waals surface area contributed by atoms with Crippen molar-refractivity contribution in [2.45, 2.75) is 32.1 Å². The molecule has 0 atom stereocenters. The maximum absolute atomic E-state index is 13.3. The van der Waals surface area contributed by atoms with Gasteiger partial charge in [0, 0.05) is 6.07 Å². The number of ether oxygens (including phenoxy) is 1. The number of rotatable bonds is 4. The molecule has 0 bridgehead atoms. The van der Waals surface area contributed by atoms with Crippen molar-refractivity contribution in [3.63, 3.8) is 0 Å². The normalized spacial score (nSPS) is 16.6. The Kier molecular flexibility index (Phi) is 4.61. The molecule has 1 aliphatic carbocycles. The summed E-state index contributed by atoms with van der Waals surface area (Å²) >= 11 is 0. The molecule has 1 aromatic carbocycles. The fourth-order valence-corrected chi connectivity index (χ4v) is 2.38. The maximum Gasteiger partial charge on any atom is 0.488 e. The summed E-state index contributed by atoms with van der Waals surface area (Å²) in [5.74, 6) is 0.382. The number of hydrogen-bond acceptors (Lipinski definition) is 3. The zero-order valence-corrected chi connectivity index (χ0v) is 10.3. The molecule has 0 aliphatic heterocycles. The molecule has 1 saturated carbocycles. The van der Waals surface area contributed by atoms with Gasteiger partial charge in [-0.2, -0.15) is 0 Å². The van der Waals surface area contributed by atoms with E-state index >= 15 is 0 Å². The molecule has 1 aromatic rings. The van der Waals surface area contributed by atoms with E-state index in [2.05, 4.69) is 0 Å². The van der Waals surface area contributed by atoms with E-state index in [1.165, 1.54) is 31.4 Å². The summed E-state index contributed by atoms with van der Waals surface area (Å²) in [4.78, 5) is 0. The van der Waals surface area contributed by atoms with Gasteiger partial charge in [0.2, 0.25) is 0 Å². The van der Waals surface area contributed by atoms with Crippen LogP contribution in [0, 0.1) is 11.7 Å². The van der Waals surface area contributed by atoms with Gasteiger partial charge in [0.15, 0.2) is 0 Å². The number of halogens is 1. The summed E-state index contributed by atoms with van der Waals surface area (Å²) in [6, 6.07) is 3.84. The van der Waals surface area contributed by atoms with Crippen LogP contribution in [0.4, 0.5) is 4.39 Å². The van der Waals surface area contributed by atoms with Crippen LogP contribution < -0.4 is 10.2 Å². The van der Waals surface area contributed by atoms with Gasteiger partial charge < -0.3 is 14.8 Å². The van der Waals surface area contributed by atoms with Gasteiger partial charge in [0.1, 0.15) is 11.6 Å². The Labute approximate surface area is 107 Å². The van der Waals surface area contributed by atoms with Crippen LogP contribution in [0.2, 0.25) is 0 Å². The third kappa shape index (κ3) is 3.72. The highest BCUT2D eigenvalue weighted by Gasteiger charge is 2.16. The van der Waals surface area contributed by atoms with Crippen LogP contribution in [0.15, 0.2) is 18.2 Å². The molecule has 0 aromatic heterocycles. The second-order valence-corrected chi connectivity index (χ2v) is 4.91. The standard InChI is InChI=1S/C13H18BFO3/c15-12-6-11(14(16)17)7-13(8-12)18-9-10-4-2-1-3-5-10/h6-8,10,16-17H,1-5,9H2.